The van der Waals surface area contributed by atoms with E-state index in [9.17, 15) is 10.1 Å². The summed E-state index contributed by atoms with van der Waals surface area (Å²) in [6.07, 6.45) is 0.869. The van der Waals surface area contributed by atoms with Crippen molar-refractivity contribution in [2.45, 2.75) is 24.5 Å². The van der Waals surface area contributed by atoms with Crippen LogP contribution in [0.1, 0.15) is 23.5 Å². The molecule has 0 fully saturated rings. The van der Waals surface area contributed by atoms with Crippen molar-refractivity contribution < 1.29 is 18.8 Å². The summed E-state index contributed by atoms with van der Waals surface area (Å²) in [5.74, 6) is 6.62. The monoisotopic (exact) mass is 538 g/mol. The predicted octanol–water partition coefficient (Wildman–Crippen LogP) is 4.19. The zero-order chi connectivity index (χ0) is 26.0. The van der Waals surface area contributed by atoms with Crippen molar-refractivity contribution in [2.24, 2.45) is 4.99 Å². The normalized spacial score (nSPS) is 11.7. The molecule has 200 valence electrons. The maximum absolute atomic E-state index is 11.0. The van der Waals surface area contributed by atoms with Crippen LogP contribution in [-0.4, -0.2) is 81.2 Å². The van der Waals surface area contributed by atoms with E-state index in [4.69, 9.17) is 13.9 Å². The van der Waals surface area contributed by atoms with Crippen LogP contribution in [0.4, 0.5) is 0 Å². The average molecular weight is 539 g/mol. The number of rotatable bonds is 19. The van der Waals surface area contributed by atoms with Crippen LogP contribution in [0.15, 0.2) is 45.8 Å². The van der Waals surface area contributed by atoms with Gasteiger partial charge in [0.25, 0.3) is 6.54 Å². The van der Waals surface area contributed by atoms with Crippen molar-refractivity contribution in [3.63, 3.8) is 0 Å². The Balaban J connectivity index is 1.60. The third-order valence-electron chi connectivity index (χ3n) is 4.79. The number of hydrogen-bond acceptors (Lipinski definition) is 9. The highest BCUT2D eigenvalue weighted by Crippen LogP contribution is 2.18. The number of methoxy groups -OCH3 is 1. The van der Waals surface area contributed by atoms with Crippen LogP contribution in [0, 0.1) is 10.1 Å². The summed E-state index contributed by atoms with van der Waals surface area (Å²) in [6, 6.07) is 12.1. The summed E-state index contributed by atoms with van der Waals surface area (Å²) in [5.41, 5.74) is 1.24. The maximum Gasteiger partial charge on any atom is 0.259 e. The third kappa shape index (κ3) is 13.8. The largest absolute Gasteiger partial charge is 0.491 e. The first-order valence-corrected chi connectivity index (χ1v) is 14.2. The molecule has 0 aliphatic rings. The molecule has 1 aromatic heterocycles. The van der Waals surface area contributed by atoms with Gasteiger partial charge >= 0.3 is 0 Å². The second-order valence-electron chi connectivity index (χ2n) is 8.30. The predicted molar refractivity (Wildman–Crippen MR) is 149 cm³/mol. The van der Waals surface area contributed by atoms with E-state index < -0.39 is 0 Å². The molecule has 11 heteroatoms. The van der Waals surface area contributed by atoms with Crippen LogP contribution < -0.4 is 10.1 Å². The Morgan fingerprint density at radius 1 is 1.08 bits per heavy atom. The Bertz CT molecular complexity index is 906. The van der Waals surface area contributed by atoms with Crippen LogP contribution in [0.2, 0.25) is 0 Å². The molecule has 0 radical (unpaired) electrons. The number of amidine groups is 1. The molecule has 2 rings (SSSR count). The third-order valence-corrected chi connectivity index (χ3v) is 6.88. The van der Waals surface area contributed by atoms with E-state index in [2.05, 4.69) is 27.3 Å². The van der Waals surface area contributed by atoms with Gasteiger partial charge in [-0.3, -0.25) is 15.1 Å². The minimum Gasteiger partial charge on any atom is -0.491 e. The number of hydrogen-bond donors (Lipinski definition) is 1. The highest BCUT2D eigenvalue weighted by atomic mass is 32.2. The molecule has 36 heavy (non-hydrogen) atoms. The standard InChI is InChI=1S/C25H38N4O5S2/c1-28(2)17-23-9-10-24(34-23)20-36-16-12-27-25(18-29(30)31)26-11-4-15-35-19-21-5-7-22(8-6-21)33-14-13-32-3/h5-10H,4,11-20H2,1-3H3,(H,26,27). The minimum absolute atomic E-state index is 0.275. The van der Waals surface area contributed by atoms with Gasteiger partial charge in [-0.1, -0.05) is 12.1 Å². The molecule has 0 saturated carbocycles. The molecule has 0 spiro atoms. The molecular weight excluding hydrogens is 500 g/mol. The Morgan fingerprint density at radius 2 is 1.83 bits per heavy atom. The van der Waals surface area contributed by atoms with Gasteiger partial charge < -0.3 is 24.1 Å². The lowest BCUT2D eigenvalue weighted by Gasteiger charge is -2.08. The highest BCUT2D eigenvalue weighted by Gasteiger charge is 2.08. The van der Waals surface area contributed by atoms with Crippen molar-refractivity contribution in [3.8, 4) is 5.75 Å². The Kier molecular flexibility index (Phi) is 15.1. The van der Waals surface area contributed by atoms with Crippen LogP contribution in [-0.2, 0) is 22.8 Å². The van der Waals surface area contributed by atoms with E-state index in [0.29, 0.717) is 32.1 Å². The number of benzene rings is 1. The molecule has 1 aromatic carbocycles. The van der Waals surface area contributed by atoms with Crippen molar-refractivity contribution in [2.75, 3.05) is 65.6 Å². The van der Waals surface area contributed by atoms with Gasteiger partial charge in [-0.2, -0.15) is 23.5 Å². The van der Waals surface area contributed by atoms with Crippen LogP contribution in [0.5, 0.6) is 5.75 Å². The lowest BCUT2D eigenvalue weighted by atomic mass is 10.2. The highest BCUT2D eigenvalue weighted by molar-refractivity contribution is 7.98. The first-order chi connectivity index (χ1) is 17.5. The molecule has 1 N–H and O–H groups in total. The zero-order valence-corrected chi connectivity index (χ0v) is 23.1. The topological polar surface area (TPSA) is 102 Å². The SMILES string of the molecule is COCCOc1ccc(CSCCCN=C(C[N+](=O)[O-])NCCSCc2ccc(CN(C)C)o2)cc1. The van der Waals surface area contributed by atoms with Gasteiger partial charge in [0.05, 0.1) is 18.9 Å². The molecule has 9 nitrogen and oxygen atoms in total. The van der Waals surface area contributed by atoms with Gasteiger partial charge in [-0.15, -0.1) is 0 Å². The molecule has 0 aliphatic carbocycles. The summed E-state index contributed by atoms with van der Waals surface area (Å²) in [4.78, 5) is 17.2. The number of nitro groups is 1. The van der Waals surface area contributed by atoms with E-state index in [-0.39, 0.29) is 11.5 Å². The summed E-state index contributed by atoms with van der Waals surface area (Å²) in [6.45, 7) is 2.82. The molecular formula is C25H38N4O5S2. The molecule has 0 unspecified atom stereocenters. The summed E-state index contributed by atoms with van der Waals surface area (Å²) >= 11 is 3.55. The second kappa shape index (κ2) is 18.1. The van der Waals surface area contributed by atoms with Crippen LogP contribution in [0.3, 0.4) is 0 Å². The smallest absolute Gasteiger partial charge is 0.259 e. The van der Waals surface area contributed by atoms with Gasteiger partial charge in [0.15, 0.2) is 5.84 Å². The van der Waals surface area contributed by atoms with Gasteiger partial charge in [-0.05, 0) is 56.1 Å². The lowest BCUT2D eigenvalue weighted by molar-refractivity contribution is -0.463. The molecule has 1 heterocycles. The van der Waals surface area contributed by atoms with Crippen LogP contribution >= 0.6 is 23.5 Å². The molecule has 2 aromatic rings. The quantitative estimate of drug-likeness (QED) is 0.0927. The summed E-state index contributed by atoms with van der Waals surface area (Å²) < 4.78 is 16.4. The number of nitrogens with one attached hydrogen (secondary N) is 1. The molecule has 0 aliphatic heterocycles. The number of thioether (sulfide) groups is 2. The second-order valence-corrected chi connectivity index (χ2v) is 10.5. The fraction of sp³-hybridized carbons (Fsp3) is 0.560. The maximum atomic E-state index is 11.0. The fourth-order valence-corrected chi connectivity index (χ4v) is 4.77. The minimum atomic E-state index is -0.342. The van der Waals surface area contributed by atoms with Gasteiger partial charge in [0.2, 0.25) is 0 Å². The number of nitrogens with zero attached hydrogens (tertiary/aromatic N) is 3. The Labute approximate surface area is 222 Å². The van der Waals surface area contributed by atoms with Gasteiger partial charge in [-0.25, -0.2) is 0 Å². The molecule has 0 bridgehead atoms. The number of ether oxygens (including phenoxy) is 2. The van der Waals surface area contributed by atoms with E-state index in [1.807, 2.05) is 50.1 Å². The average Bonchev–Trinajstić information content (AvgIpc) is 3.28. The fourth-order valence-electron chi connectivity index (χ4n) is 3.12. The van der Waals surface area contributed by atoms with Gasteiger partial charge in [0.1, 0.15) is 23.9 Å². The summed E-state index contributed by atoms with van der Waals surface area (Å²) in [5, 5.41) is 14.1. The van der Waals surface area contributed by atoms with E-state index in [1.54, 1.807) is 18.9 Å². The van der Waals surface area contributed by atoms with E-state index >= 15 is 0 Å². The van der Waals surface area contributed by atoms with E-state index in [1.165, 1.54) is 5.56 Å². The van der Waals surface area contributed by atoms with Crippen molar-refractivity contribution >= 4 is 29.4 Å². The first-order valence-electron chi connectivity index (χ1n) is 11.9. The Morgan fingerprint density at radius 3 is 2.56 bits per heavy atom. The van der Waals surface area contributed by atoms with Crippen molar-refractivity contribution in [1.29, 1.82) is 0 Å². The zero-order valence-electron chi connectivity index (χ0n) is 21.4. The number of furan rings is 1. The van der Waals surface area contributed by atoms with Gasteiger partial charge in [0, 0.05) is 36.6 Å². The van der Waals surface area contributed by atoms with Crippen molar-refractivity contribution in [3.05, 3.63) is 63.6 Å². The Hall–Kier alpha value is -2.21. The lowest BCUT2D eigenvalue weighted by Crippen LogP contribution is -2.32. The van der Waals surface area contributed by atoms with Crippen LogP contribution in [0.25, 0.3) is 0 Å². The van der Waals surface area contributed by atoms with Crippen molar-refractivity contribution in [1.82, 2.24) is 10.2 Å². The molecule has 0 atom stereocenters. The van der Waals surface area contributed by atoms with E-state index in [0.717, 1.165) is 53.2 Å². The molecule has 0 amide bonds. The summed E-state index contributed by atoms with van der Waals surface area (Å²) in [7, 11) is 5.67. The first kappa shape index (κ1) is 30.0. The molecule has 0 saturated heterocycles. The number of aliphatic imine (C=N–C) groups is 1.